The van der Waals surface area contributed by atoms with E-state index in [0.29, 0.717) is 6.21 Å². The Bertz CT molecular complexity index is 720. The lowest BCUT2D eigenvalue weighted by molar-refractivity contribution is 0.0950. The average Bonchev–Trinajstić information content (AvgIpc) is 2.55. The number of halogens is 5. The van der Waals surface area contributed by atoms with Crippen LogP contribution in [-0.4, -0.2) is 17.1 Å². The monoisotopic (exact) mass is 315 g/mol. The number of hydrogen-bond acceptors (Lipinski definition) is 3. The third-order valence-electron chi connectivity index (χ3n) is 2.50. The van der Waals surface area contributed by atoms with E-state index in [1.54, 1.807) is 6.07 Å². The predicted molar refractivity (Wildman–Crippen MR) is 65.5 cm³/mol. The Labute approximate surface area is 120 Å². The van der Waals surface area contributed by atoms with E-state index in [1.807, 2.05) is 5.43 Å². The number of rotatable bonds is 3. The topological polar surface area (TPSA) is 54.4 Å². The molecule has 0 saturated carbocycles. The van der Waals surface area contributed by atoms with Crippen molar-refractivity contribution in [2.45, 2.75) is 0 Å². The molecule has 1 amide bonds. The molecule has 1 heterocycles. The molecule has 2 rings (SSSR count). The number of aromatic nitrogens is 1. The lowest BCUT2D eigenvalue weighted by Crippen LogP contribution is -2.19. The fourth-order valence-electron chi connectivity index (χ4n) is 1.45. The first-order valence-corrected chi connectivity index (χ1v) is 5.69. The van der Waals surface area contributed by atoms with Crippen molar-refractivity contribution < 1.29 is 26.7 Å². The molecule has 4 nitrogen and oxygen atoms in total. The van der Waals surface area contributed by atoms with Crippen LogP contribution in [0.4, 0.5) is 22.0 Å². The van der Waals surface area contributed by atoms with Gasteiger partial charge in [-0.3, -0.25) is 9.78 Å². The Kier molecular flexibility index (Phi) is 4.44. The fourth-order valence-corrected chi connectivity index (χ4v) is 1.45. The van der Waals surface area contributed by atoms with Gasteiger partial charge in [-0.1, -0.05) is 6.07 Å². The third kappa shape index (κ3) is 2.92. The van der Waals surface area contributed by atoms with Crippen LogP contribution in [0.1, 0.15) is 16.1 Å². The Morgan fingerprint density at radius 3 is 2.14 bits per heavy atom. The molecular weight excluding hydrogens is 309 g/mol. The molecule has 1 aromatic heterocycles. The molecule has 9 heteroatoms. The van der Waals surface area contributed by atoms with Gasteiger partial charge in [0.25, 0.3) is 5.91 Å². The Hall–Kier alpha value is -2.84. The van der Waals surface area contributed by atoms with Gasteiger partial charge in [0.05, 0.1) is 11.8 Å². The van der Waals surface area contributed by atoms with Gasteiger partial charge in [0, 0.05) is 6.20 Å². The lowest BCUT2D eigenvalue weighted by atomic mass is 10.2. The molecule has 2 aromatic rings. The van der Waals surface area contributed by atoms with Crippen LogP contribution in [0.3, 0.4) is 0 Å². The normalized spacial score (nSPS) is 11.0. The summed E-state index contributed by atoms with van der Waals surface area (Å²) in [5.74, 6) is -11.4. The molecule has 0 spiro atoms. The summed E-state index contributed by atoms with van der Waals surface area (Å²) in [5.41, 5.74) is 0.541. The SMILES string of the molecule is O=C(N/N=C/c1c(F)c(F)c(F)c(F)c1F)c1ccccn1. The number of hydrazone groups is 1. The van der Waals surface area contributed by atoms with E-state index < -0.39 is 40.6 Å². The van der Waals surface area contributed by atoms with E-state index >= 15 is 0 Å². The van der Waals surface area contributed by atoms with Gasteiger partial charge in [-0.15, -0.1) is 0 Å². The van der Waals surface area contributed by atoms with Crippen LogP contribution in [0.5, 0.6) is 0 Å². The number of nitrogens with one attached hydrogen (secondary N) is 1. The van der Waals surface area contributed by atoms with Crippen LogP contribution in [-0.2, 0) is 0 Å². The van der Waals surface area contributed by atoms with Crippen molar-refractivity contribution in [3.63, 3.8) is 0 Å². The van der Waals surface area contributed by atoms with Gasteiger partial charge in [-0.05, 0) is 12.1 Å². The second kappa shape index (κ2) is 6.29. The molecule has 1 N–H and O–H groups in total. The van der Waals surface area contributed by atoms with Crippen LogP contribution >= 0.6 is 0 Å². The van der Waals surface area contributed by atoms with E-state index in [4.69, 9.17) is 0 Å². The van der Waals surface area contributed by atoms with Crippen molar-refractivity contribution >= 4 is 12.1 Å². The van der Waals surface area contributed by atoms with Gasteiger partial charge in [0.15, 0.2) is 23.3 Å². The highest BCUT2D eigenvalue weighted by atomic mass is 19.2. The van der Waals surface area contributed by atoms with E-state index in [0.717, 1.165) is 0 Å². The molecule has 0 aliphatic carbocycles. The summed E-state index contributed by atoms with van der Waals surface area (Å²) < 4.78 is 65.3. The maximum absolute atomic E-state index is 13.3. The molecule has 114 valence electrons. The summed E-state index contributed by atoms with van der Waals surface area (Å²) in [7, 11) is 0. The summed E-state index contributed by atoms with van der Waals surface area (Å²) in [6, 6.07) is 4.40. The number of carbonyl (C=O) groups is 1. The minimum absolute atomic E-state index is 0.0444. The Morgan fingerprint density at radius 2 is 1.59 bits per heavy atom. The van der Waals surface area contributed by atoms with Crippen molar-refractivity contribution in [3.8, 4) is 0 Å². The molecule has 0 bridgehead atoms. The molecule has 0 unspecified atom stereocenters. The third-order valence-corrected chi connectivity index (χ3v) is 2.50. The Morgan fingerprint density at radius 1 is 1.00 bits per heavy atom. The standard InChI is InChI=1S/C13H6F5N3O/c14-8-6(9(15)11(17)12(18)10(8)16)5-20-21-13(22)7-3-1-2-4-19-7/h1-5H,(H,21,22)/b20-5+. The maximum atomic E-state index is 13.3. The molecular formula is C13H6F5N3O. The average molecular weight is 315 g/mol. The van der Waals surface area contributed by atoms with Crippen molar-refractivity contribution in [2.75, 3.05) is 0 Å². The minimum atomic E-state index is -2.27. The number of pyridine rings is 1. The van der Waals surface area contributed by atoms with Crippen LogP contribution in [0.25, 0.3) is 0 Å². The number of amides is 1. The van der Waals surface area contributed by atoms with Gasteiger partial charge in [-0.25, -0.2) is 27.4 Å². The van der Waals surface area contributed by atoms with Crippen LogP contribution in [0.15, 0.2) is 29.5 Å². The summed E-state index contributed by atoms with van der Waals surface area (Å²) in [6.07, 6.45) is 1.64. The molecule has 0 saturated heterocycles. The molecule has 0 aliphatic heterocycles. The number of benzene rings is 1. The first-order chi connectivity index (χ1) is 10.4. The second-order valence-electron chi connectivity index (χ2n) is 3.90. The molecule has 0 fully saturated rings. The number of hydrogen-bond donors (Lipinski definition) is 1. The number of carbonyl (C=O) groups excluding carboxylic acids is 1. The molecule has 0 aliphatic rings. The van der Waals surface area contributed by atoms with E-state index in [2.05, 4.69) is 10.1 Å². The summed E-state index contributed by atoms with van der Waals surface area (Å²) >= 11 is 0. The van der Waals surface area contributed by atoms with Gasteiger partial charge < -0.3 is 0 Å². The summed E-state index contributed by atoms with van der Waals surface area (Å²) in [6.45, 7) is 0. The van der Waals surface area contributed by atoms with Gasteiger partial charge in [0.2, 0.25) is 5.82 Å². The van der Waals surface area contributed by atoms with Crippen LogP contribution < -0.4 is 5.43 Å². The molecule has 0 atom stereocenters. The first kappa shape index (κ1) is 15.5. The highest BCUT2D eigenvalue weighted by Gasteiger charge is 2.24. The molecule has 1 aromatic carbocycles. The zero-order valence-electron chi connectivity index (χ0n) is 10.6. The Balaban J connectivity index is 2.23. The van der Waals surface area contributed by atoms with E-state index in [1.165, 1.54) is 18.3 Å². The van der Waals surface area contributed by atoms with Gasteiger partial charge in [-0.2, -0.15) is 5.10 Å². The lowest BCUT2D eigenvalue weighted by Gasteiger charge is -2.04. The van der Waals surface area contributed by atoms with Crippen molar-refractivity contribution in [1.82, 2.24) is 10.4 Å². The van der Waals surface area contributed by atoms with Crippen molar-refractivity contribution in [3.05, 3.63) is 64.7 Å². The van der Waals surface area contributed by atoms with Crippen molar-refractivity contribution in [2.24, 2.45) is 5.10 Å². The molecule has 0 radical (unpaired) electrons. The minimum Gasteiger partial charge on any atom is -0.266 e. The number of nitrogens with zero attached hydrogens (tertiary/aromatic N) is 2. The maximum Gasteiger partial charge on any atom is 0.289 e. The summed E-state index contributed by atoms with van der Waals surface area (Å²) in [4.78, 5) is 15.2. The zero-order valence-corrected chi connectivity index (χ0v) is 10.6. The largest absolute Gasteiger partial charge is 0.289 e. The quantitative estimate of drug-likeness (QED) is 0.311. The van der Waals surface area contributed by atoms with Gasteiger partial charge in [0.1, 0.15) is 5.69 Å². The fraction of sp³-hybridized carbons (Fsp3) is 0. The van der Waals surface area contributed by atoms with E-state index in [-0.39, 0.29) is 5.69 Å². The second-order valence-corrected chi connectivity index (χ2v) is 3.90. The summed E-state index contributed by atoms with van der Waals surface area (Å²) in [5, 5.41) is 3.15. The predicted octanol–water partition coefficient (Wildman–Crippen LogP) is 2.54. The molecule has 22 heavy (non-hydrogen) atoms. The van der Waals surface area contributed by atoms with Gasteiger partial charge >= 0.3 is 0 Å². The van der Waals surface area contributed by atoms with Crippen LogP contribution in [0, 0.1) is 29.1 Å². The highest BCUT2D eigenvalue weighted by molar-refractivity contribution is 5.93. The highest BCUT2D eigenvalue weighted by Crippen LogP contribution is 2.21. The first-order valence-electron chi connectivity index (χ1n) is 5.69. The smallest absolute Gasteiger partial charge is 0.266 e. The van der Waals surface area contributed by atoms with E-state index in [9.17, 15) is 26.7 Å². The van der Waals surface area contributed by atoms with Crippen molar-refractivity contribution in [1.29, 1.82) is 0 Å². The van der Waals surface area contributed by atoms with Crippen LogP contribution in [0.2, 0.25) is 0 Å². The zero-order chi connectivity index (χ0) is 16.3.